The maximum Gasteiger partial charge on any atom is 0.0468 e. The van der Waals surface area contributed by atoms with Crippen LogP contribution in [0.3, 0.4) is 0 Å². The molecule has 0 heterocycles. The molecule has 0 N–H and O–H groups in total. The zero-order valence-corrected chi connectivity index (χ0v) is 40.2. The number of nitrogens with zero attached hydrogens (tertiary/aromatic N) is 2. The fraction of sp³-hybridized carbons (Fsp3) is 0.219. The van der Waals surface area contributed by atoms with E-state index in [0.29, 0.717) is 0 Å². The normalized spacial score (nSPS) is 14.5. The smallest absolute Gasteiger partial charge is 0.0468 e. The highest BCUT2D eigenvalue weighted by atomic mass is 15.1. The summed E-state index contributed by atoms with van der Waals surface area (Å²) in [5.74, 6) is 0. The molecule has 2 nitrogen and oxygen atoms in total. The van der Waals surface area contributed by atoms with Crippen molar-refractivity contribution in [2.45, 2.75) is 90.9 Å². The number of fused-ring (bicyclic) bond motifs is 8. The molecule has 66 heavy (non-hydrogen) atoms. The Morgan fingerprint density at radius 1 is 0.288 bits per heavy atom. The van der Waals surface area contributed by atoms with Gasteiger partial charge in [0.05, 0.1) is 0 Å². The van der Waals surface area contributed by atoms with Crippen molar-refractivity contribution in [3.63, 3.8) is 0 Å². The summed E-state index contributed by atoms with van der Waals surface area (Å²) in [5, 5.41) is 5.23. The molecule has 0 saturated heterocycles. The molecule has 2 heteroatoms. The minimum atomic E-state index is -0.159. The minimum Gasteiger partial charge on any atom is -0.310 e. The molecule has 9 aromatic rings. The molecule has 0 fully saturated rings. The monoisotopic (exact) mass is 856 g/mol. The van der Waals surface area contributed by atoms with E-state index < -0.39 is 0 Å². The lowest BCUT2D eigenvalue weighted by Crippen LogP contribution is -2.19. The van der Waals surface area contributed by atoms with E-state index in [1.165, 1.54) is 88.6 Å². The van der Waals surface area contributed by atoms with Crippen molar-refractivity contribution in [3.8, 4) is 22.3 Å². The second-order valence-corrected chi connectivity index (χ2v) is 21.9. The molecule has 0 radical (unpaired) electrons. The van der Waals surface area contributed by atoms with Gasteiger partial charge >= 0.3 is 0 Å². The van der Waals surface area contributed by atoms with Crippen LogP contribution in [0.2, 0.25) is 0 Å². The second kappa shape index (κ2) is 14.8. The Balaban J connectivity index is 1.12. The van der Waals surface area contributed by atoms with Crippen LogP contribution < -0.4 is 9.80 Å². The third kappa shape index (κ3) is 6.44. The summed E-state index contributed by atoms with van der Waals surface area (Å²) in [4.78, 5) is 4.92. The van der Waals surface area contributed by atoms with Crippen molar-refractivity contribution >= 4 is 55.7 Å². The van der Waals surface area contributed by atoms with Crippen LogP contribution in [0.25, 0.3) is 43.8 Å². The fourth-order valence-corrected chi connectivity index (χ4v) is 11.8. The predicted octanol–water partition coefficient (Wildman–Crippen LogP) is 18.1. The van der Waals surface area contributed by atoms with Crippen molar-refractivity contribution in [3.05, 3.63) is 215 Å². The molecule has 0 bridgehead atoms. The van der Waals surface area contributed by atoms with Gasteiger partial charge in [-0.25, -0.2) is 0 Å². The summed E-state index contributed by atoms with van der Waals surface area (Å²) in [6, 6.07) is 68.4. The highest BCUT2D eigenvalue weighted by Gasteiger charge is 2.38. The number of para-hydroxylation sites is 2. The molecule has 0 spiro atoms. The van der Waals surface area contributed by atoms with Crippen LogP contribution in [0.15, 0.2) is 182 Å². The largest absolute Gasteiger partial charge is 0.310 e. The van der Waals surface area contributed by atoms with Crippen LogP contribution in [0.4, 0.5) is 34.1 Å². The van der Waals surface area contributed by atoms with Crippen LogP contribution >= 0.6 is 0 Å². The lowest BCUT2D eigenvalue weighted by molar-refractivity contribution is 0.593. The van der Waals surface area contributed by atoms with E-state index in [1.807, 2.05) is 0 Å². The zero-order valence-electron chi connectivity index (χ0n) is 40.2. The van der Waals surface area contributed by atoms with Crippen LogP contribution in [0, 0.1) is 0 Å². The van der Waals surface area contributed by atoms with Crippen molar-refractivity contribution < 1.29 is 0 Å². The number of rotatable bonds is 6. The van der Waals surface area contributed by atoms with E-state index in [2.05, 4.69) is 261 Å². The molecule has 2 aliphatic carbocycles. The van der Waals surface area contributed by atoms with E-state index in [-0.39, 0.29) is 21.7 Å². The van der Waals surface area contributed by atoms with Gasteiger partial charge < -0.3 is 9.80 Å². The Bertz CT molecular complexity index is 3150. The van der Waals surface area contributed by atoms with Crippen LogP contribution in [0.5, 0.6) is 0 Å². The first-order chi connectivity index (χ1) is 31.5. The molecular weight excluding hydrogens is 797 g/mol. The van der Waals surface area contributed by atoms with Gasteiger partial charge in [-0.3, -0.25) is 0 Å². The zero-order chi connectivity index (χ0) is 45.9. The molecule has 0 atom stereocenters. The van der Waals surface area contributed by atoms with Crippen LogP contribution in [-0.4, -0.2) is 0 Å². The Morgan fingerprint density at radius 2 is 0.606 bits per heavy atom. The van der Waals surface area contributed by atoms with E-state index in [1.54, 1.807) is 0 Å². The third-order valence-electron chi connectivity index (χ3n) is 14.8. The number of benzene rings is 9. The highest BCUT2D eigenvalue weighted by Crippen LogP contribution is 2.54. The highest BCUT2D eigenvalue weighted by molar-refractivity contribution is 6.10. The molecular formula is C64H60N2. The molecule has 0 saturated carbocycles. The molecule has 0 unspecified atom stereocenters. The Labute approximate surface area is 392 Å². The van der Waals surface area contributed by atoms with E-state index >= 15 is 0 Å². The fourth-order valence-electron chi connectivity index (χ4n) is 11.8. The topological polar surface area (TPSA) is 6.48 Å². The molecule has 0 aliphatic heterocycles. The third-order valence-corrected chi connectivity index (χ3v) is 14.8. The minimum absolute atomic E-state index is 0.106. The maximum atomic E-state index is 2.49. The van der Waals surface area contributed by atoms with Gasteiger partial charge in [0.25, 0.3) is 0 Å². The Morgan fingerprint density at radius 3 is 0.985 bits per heavy atom. The first-order valence-corrected chi connectivity index (χ1v) is 23.8. The van der Waals surface area contributed by atoms with Crippen LogP contribution in [0.1, 0.15) is 103 Å². The van der Waals surface area contributed by atoms with Crippen molar-refractivity contribution in [2.24, 2.45) is 0 Å². The first-order valence-electron chi connectivity index (χ1n) is 23.8. The summed E-state index contributed by atoms with van der Waals surface area (Å²) in [6.45, 7) is 23.8. The molecule has 326 valence electrons. The molecule has 9 aromatic carbocycles. The lowest BCUT2D eigenvalue weighted by Gasteiger charge is -2.33. The van der Waals surface area contributed by atoms with Crippen molar-refractivity contribution in [2.75, 3.05) is 9.80 Å². The van der Waals surface area contributed by atoms with Crippen LogP contribution in [-0.2, 0) is 21.7 Å². The molecule has 0 aromatic heterocycles. The first kappa shape index (κ1) is 41.8. The van der Waals surface area contributed by atoms with Gasteiger partial charge in [0.2, 0.25) is 0 Å². The average Bonchev–Trinajstić information content (AvgIpc) is 3.67. The van der Waals surface area contributed by atoms with Crippen molar-refractivity contribution in [1.29, 1.82) is 0 Å². The second-order valence-electron chi connectivity index (χ2n) is 21.9. The Kier molecular flexibility index (Phi) is 9.37. The Hall–Kier alpha value is -6.90. The maximum absolute atomic E-state index is 2.49. The quantitative estimate of drug-likeness (QED) is 0.154. The van der Waals surface area contributed by atoms with Gasteiger partial charge in [-0.15, -0.1) is 0 Å². The summed E-state index contributed by atoms with van der Waals surface area (Å²) in [7, 11) is 0. The summed E-state index contributed by atoms with van der Waals surface area (Å²) < 4.78 is 0. The summed E-state index contributed by atoms with van der Waals surface area (Å²) >= 11 is 0. The van der Waals surface area contributed by atoms with E-state index in [9.17, 15) is 0 Å². The standard InChI is InChI=1S/C64H60N2/c1-61(2,3)59-51-35-31-44(66(42-23-15-12-16-24-42)46-30-34-50-48-26-18-20-28-56(48)64(9,10)58(50)40-46)38-54(51)60(62(4,5)6)52-36-32-43(37-53(52)59)65(41-21-13-11-14-22-41)45-29-33-49-47-25-17-19-27-55(47)63(7,8)57(49)39-45/h11-40H,1-10H3. The van der Waals surface area contributed by atoms with E-state index in [0.717, 1.165) is 22.7 Å². The van der Waals surface area contributed by atoms with Gasteiger partial charge in [-0.1, -0.05) is 178 Å². The number of hydrogen-bond donors (Lipinski definition) is 0. The molecule has 0 amide bonds. The van der Waals surface area contributed by atoms with Gasteiger partial charge in [-0.05, 0) is 161 Å². The number of hydrogen-bond acceptors (Lipinski definition) is 2. The van der Waals surface area contributed by atoms with E-state index in [4.69, 9.17) is 0 Å². The molecule has 11 rings (SSSR count). The SMILES string of the molecule is CC(C)(C)c1c2ccc(N(c3ccccc3)c3ccc4c(c3)C(C)(C)c3ccccc3-4)cc2c(C(C)(C)C)c2ccc(N(c3ccccc3)c3ccc4c(c3)C(C)(C)c3ccccc3-4)cc12. The van der Waals surface area contributed by atoms with Gasteiger partial charge in [0.15, 0.2) is 0 Å². The van der Waals surface area contributed by atoms with Gasteiger partial charge in [0.1, 0.15) is 0 Å². The average molecular weight is 857 g/mol. The van der Waals surface area contributed by atoms with Gasteiger partial charge in [-0.2, -0.15) is 0 Å². The number of anilines is 6. The van der Waals surface area contributed by atoms with Crippen molar-refractivity contribution in [1.82, 2.24) is 0 Å². The lowest BCUT2D eigenvalue weighted by atomic mass is 9.74. The van der Waals surface area contributed by atoms with Gasteiger partial charge in [0, 0.05) is 45.0 Å². The predicted molar refractivity (Wildman–Crippen MR) is 283 cm³/mol. The summed E-state index contributed by atoms with van der Waals surface area (Å²) in [5.41, 5.74) is 20.0. The summed E-state index contributed by atoms with van der Waals surface area (Å²) in [6.07, 6.45) is 0. The molecule has 2 aliphatic rings.